The maximum Gasteiger partial charge on any atom is 0.124 e. The van der Waals surface area contributed by atoms with Crippen LogP contribution in [-0.2, 0) is 13.1 Å². The second-order valence-corrected chi connectivity index (χ2v) is 5.42. The number of rotatable bonds is 5. The number of fused-ring (bicyclic) bond motifs is 1. The minimum absolute atomic E-state index is 0.214. The lowest BCUT2D eigenvalue weighted by atomic mass is 10.1. The largest absolute Gasteiger partial charge is 0.396 e. The first kappa shape index (κ1) is 14.0. The number of aliphatic hydroxyl groups excluding tert-OH is 1. The Morgan fingerprint density at radius 3 is 2.53 bits per heavy atom. The Morgan fingerprint density at radius 2 is 1.89 bits per heavy atom. The van der Waals surface area contributed by atoms with Gasteiger partial charge in [-0.25, -0.2) is 4.98 Å². The third-order valence-corrected chi connectivity index (χ3v) is 3.44. The van der Waals surface area contributed by atoms with E-state index >= 15 is 0 Å². The molecule has 0 unspecified atom stereocenters. The summed E-state index contributed by atoms with van der Waals surface area (Å²) in [5.41, 5.74) is 4.79. The van der Waals surface area contributed by atoms with Gasteiger partial charge in [0, 0.05) is 13.2 Å². The second kappa shape index (κ2) is 5.72. The molecule has 1 aromatic carbocycles. The molecular formula is C15H23N3O. The molecule has 1 aromatic heterocycles. The third-order valence-electron chi connectivity index (χ3n) is 3.44. The van der Waals surface area contributed by atoms with E-state index in [9.17, 15) is 0 Å². The van der Waals surface area contributed by atoms with E-state index in [-0.39, 0.29) is 6.61 Å². The second-order valence-electron chi connectivity index (χ2n) is 5.42. The van der Waals surface area contributed by atoms with Gasteiger partial charge in [-0.1, -0.05) is 0 Å². The van der Waals surface area contributed by atoms with Crippen LogP contribution in [0.1, 0.15) is 23.4 Å². The Hall–Kier alpha value is -1.39. The molecule has 4 heteroatoms. The molecule has 19 heavy (non-hydrogen) atoms. The average molecular weight is 261 g/mol. The highest BCUT2D eigenvalue weighted by Gasteiger charge is 2.12. The first-order valence-corrected chi connectivity index (χ1v) is 6.75. The normalized spacial score (nSPS) is 11.7. The van der Waals surface area contributed by atoms with Crippen molar-refractivity contribution in [2.45, 2.75) is 33.4 Å². The zero-order valence-electron chi connectivity index (χ0n) is 12.3. The maximum atomic E-state index is 9.06. The molecule has 0 atom stereocenters. The molecule has 0 saturated heterocycles. The van der Waals surface area contributed by atoms with Crippen LogP contribution in [0.4, 0.5) is 0 Å². The third kappa shape index (κ3) is 2.96. The molecule has 0 amide bonds. The van der Waals surface area contributed by atoms with E-state index in [0.717, 1.165) is 30.9 Å². The molecule has 0 aliphatic carbocycles. The van der Waals surface area contributed by atoms with E-state index < -0.39 is 0 Å². The summed E-state index contributed by atoms with van der Waals surface area (Å²) in [4.78, 5) is 6.87. The van der Waals surface area contributed by atoms with Gasteiger partial charge in [-0.05, 0) is 57.6 Å². The van der Waals surface area contributed by atoms with Crippen LogP contribution in [0.25, 0.3) is 11.0 Å². The topological polar surface area (TPSA) is 41.3 Å². The van der Waals surface area contributed by atoms with Crippen LogP contribution in [0.15, 0.2) is 12.1 Å². The predicted octanol–water partition coefficient (Wildman–Crippen LogP) is 2.10. The SMILES string of the molecule is Cc1cc2nc(CN(C)C)n(CCCO)c2cc1C. The monoisotopic (exact) mass is 261 g/mol. The number of aryl methyl sites for hydroxylation is 3. The van der Waals surface area contributed by atoms with E-state index in [1.807, 2.05) is 14.1 Å². The number of hydrogen-bond donors (Lipinski definition) is 1. The van der Waals surface area contributed by atoms with Crippen molar-refractivity contribution in [3.05, 3.63) is 29.1 Å². The van der Waals surface area contributed by atoms with Crippen molar-refractivity contribution in [1.29, 1.82) is 0 Å². The number of aromatic nitrogens is 2. The quantitative estimate of drug-likeness (QED) is 0.896. The van der Waals surface area contributed by atoms with Gasteiger partial charge in [0.1, 0.15) is 5.82 Å². The van der Waals surface area contributed by atoms with Crippen molar-refractivity contribution >= 4 is 11.0 Å². The van der Waals surface area contributed by atoms with Crippen LogP contribution >= 0.6 is 0 Å². The average Bonchev–Trinajstić information content (AvgIpc) is 2.63. The summed E-state index contributed by atoms with van der Waals surface area (Å²) in [6.07, 6.45) is 0.763. The number of hydrogen-bond acceptors (Lipinski definition) is 3. The molecule has 104 valence electrons. The number of aliphatic hydroxyl groups is 1. The van der Waals surface area contributed by atoms with Crippen molar-refractivity contribution in [1.82, 2.24) is 14.5 Å². The van der Waals surface area contributed by atoms with E-state index in [1.54, 1.807) is 0 Å². The highest BCUT2D eigenvalue weighted by atomic mass is 16.3. The molecule has 0 spiro atoms. The molecule has 0 bridgehead atoms. The zero-order chi connectivity index (χ0) is 14.0. The van der Waals surface area contributed by atoms with Gasteiger partial charge in [-0.3, -0.25) is 0 Å². The molecule has 1 heterocycles. The van der Waals surface area contributed by atoms with Crippen molar-refractivity contribution in [2.24, 2.45) is 0 Å². The highest BCUT2D eigenvalue weighted by Crippen LogP contribution is 2.21. The van der Waals surface area contributed by atoms with E-state index in [0.29, 0.717) is 0 Å². The number of benzene rings is 1. The van der Waals surface area contributed by atoms with Crippen LogP contribution in [0.2, 0.25) is 0 Å². The fraction of sp³-hybridized carbons (Fsp3) is 0.533. The van der Waals surface area contributed by atoms with Gasteiger partial charge in [0.2, 0.25) is 0 Å². The van der Waals surface area contributed by atoms with E-state index in [1.165, 1.54) is 16.6 Å². The minimum Gasteiger partial charge on any atom is -0.396 e. The van der Waals surface area contributed by atoms with Crippen LogP contribution < -0.4 is 0 Å². The lowest BCUT2D eigenvalue weighted by molar-refractivity contribution is 0.278. The van der Waals surface area contributed by atoms with Crippen LogP contribution in [0.3, 0.4) is 0 Å². The summed E-state index contributed by atoms with van der Waals surface area (Å²) in [6.45, 7) is 6.10. The Morgan fingerprint density at radius 1 is 1.21 bits per heavy atom. The predicted molar refractivity (Wildman–Crippen MR) is 78.3 cm³/mol. The molecule has 2 rings (SSSR count). The van der Waals surface area contributed by atoms with Gasteiger partial charge in [0.05, 0.1) is 17.6 Å². The van der Waals surface area contributed by atoms with Gasteiger partial charge < -0.3 is 14.6 Å². The number of imidazole rings is 1. The molecular weight excluding hydrogens is 238 g/mol. The molecule has 0 radical (unpaired) electrons. The van der Waals surface area contributed by atoms with Crippen LogP contribution in [0, 0.1) is 13.8 Å². The first-order valence-electron chi connectivity index (χ1n) is 6.75. The fourth-order valence-electron chi connectivity index (χ4n) is 2.31. The van der Waals surface area contributed by atoms with Crippen LogP contribution in [-0.4, -0.2) is 40.3 Å². The first-order chi connectivity index (χ1) is 9.02. The van der Waals surface area contributed by atoms with Gasteiger partial charge in [-0.15, -0.1) is 0 Å². The summed E-state index contributed by atoms with van der Waals surface area (Å²) in [5, 5.41) is 9.06. The molecule has 4 nitrogen and oxygen atoms in total. The van der Waals surface area contributed by atoms with Gasteiger partial charge >= 0.3 is 0 Å². The fourth-order valence-corrected chi connectivity index (χ4v) is 2.31. The number of nitrogens with zero attached hydrogens (tertiary/aromatic N) is 3. The van der Waals surface area contributed by atoms with E-state index in [4.69, 9.17) is 10.1 Å². The van der Waals surface area contributed by atoms with Crippen molar-refractivity contribution in [3.8, 4) is 0 Å². The lowest BCUT2D eigenvalue weighted by Crippen LogP contribution is -2.16. The standard InChI is InChI=1S/C15H23N3O/c1-11-8-13-14(9-12(11)2)18(6-5-7-19)15(16-13)10-17(3)4/h8-9,19H,5-7,10H2,1-4H3. The Labute approximate surface area is 114 Å². The molecule has 0 fully saturated rings. The lowest BCUT2D eigenvalue weighted by Gasteiger charge is -2.12. The summed E-state index contributed by atoms with van der Waals surface area (Å²) in [5.74, 6) is 1.07. The zero-order valence-corrected chi connectivity index (χ0v) is 12.3. The summed E-state index contributed by atoms with van der Waals surface area (Å²) in [6, 6.07) is 4.35. The summed E-state index contributed by atoms with van der Waals surface area (Å²) >= 11 is 0. The molecule has 1 N–H and O–H groups in total. The molecule has 0 aliphatic heterocycles. The van der Waals surface area contributed by atoms with Gasteiger partial charge in [-0.2, -0.15) is 0 Å². The van der Waals surface area contributed by atoms with Gasteiger partial charge in [0.25, 0.3) is 0 Å². The summed E-state index contributed by atoms with van der Waals surface area (Å²) < 4.78 is 2.23. The van der Waals surface area contributed by atoms with Gasteiger partial charge in [0.15, 0.2) is 0 Å². The van der Waals surface area contributed by atoms with E-state index in [2.05, 4.69) is 35.4 Å². The Kier molecular flexibility index (Phi) is 4.22. The molecule has 0 saturated carbocycles. The van der Waals surface area contributed by atoms with Crippen molar-refractivity contribution in [2.75, 3.05) is 20.7 Å². The van der Waals surface area contributed by atoms with Crippen LogP contribution in [0.5, 0.6) is 0 Å². The highest BCUT2D eigenvalue weighted by molar-refractivity contribution is 5.78. The Balaban J connectivity index is 2.52. The van der Waals surface area contributed by atoms with Crippen molar-refractivity contribution in [3.63, 3.8) is 0 Å². The smallest absolute Gasteiger partial charge is 0.124 e. The van der Waals surface area contributed by atoms with Crippen molar-refractivity contribution < 1.29 is 5.11 Å². The molecule has 0 aliphatic rings. The maximum absolute atomic E-state index is 9.06. The summed E-state index contributed by atoms with van der Waals surface area (Å²) in [7, 11) is 4.10. The Bertz CT molecular complexity index is 572. The molecule has 2 aromatic rings. The minimum atomic E-state index is 0.214.